The first kappa shape index (κ1) is 20.9. The number of aryl methyl sites for hydroxylation is 2. The van der Waals surface area contributed by atoms with Crippen LogP contribution in [0.4, 0.5) is 11.5 Å². The molecule has 2 aliphatic rings. The first-order chi connectivity index (χ1) is 15.5. The SMILES string of the molecule is Cc1cc(=O)n2nc(N3CCc4ncc(NCC5CCCOC5)cc4C3)c(C)c(C)c2n1. The fourth-order valence-corrected chi connectivity index (χ4v) is 4.67. The molecule has 3 aromatic heterocycles. The lowest BCUT2D eigenvalue weighted by Gasteiger charge is -2.31. The molecule has 1 saturated heterocycles. The molecule has 32 heavy (non-hydrogen) atoms. The quantitative estimate of drug-likeness (QED) is 0.676. The summed E-state index contributed by atoms with van der Waals surface area (Å²) in [6.07, 6.45) is 5.14. The van der Waals surface area contributed by atoms with Crippen LogP contribution in [0.5, 0.6) is 0 Å². The molecule has 0 bridgehead atoms. The molecule has 0 spiro atoms. The average molecular weight is 435 g/mol. The van der Waals surface area contributed by atoms with Gasteiger partial charge in [-0.3, -0.25) is 9.78 Å². The van der Waals surface area contributed by atoms with Crippen LogP contribution in [-0.4, -0.2) is 45.9 Å². The lowest BCUT2D eigenvalue weighted by atomic mass is 10.0. The minimum Gasteiger partial charge on any atom is -0.383 e. The number of rotatable bonds is 4. The number of pyridine rings is 1. The van der Waals surface area contributed by atoms with E-state index in [2.05, 4.69) is 28.2 Å². The van der Waals surface area contributed by atoms with Crippen molar-refractivity contribution >= 4 is 17.2 Å². The summed E-state index contributed by atoms with van der Waals surface area (Å²) in [6, 6.07) is 3.74. The van der Waals surface area contributed by atoms with Crippen LogP contribution in [-0.2, 0) is 17.7 Å². The van der Waals surface area contributed by atoms with Crippen molar-refractivity contribution in [2.24, 2.45) is 5.92 Å². The molecule has 1 unspecified atom stereocenters. The van der Waals surface area contributed by atoms with E-state index in [-0.39, 0.29) is 5.56 Å². The second-order valence-corrected chi connectivity index (χ2v) is 9.01. The molecule has 3 aromatic rings. The summed E-state index contributed by atoms with van der Waals surface area (Å²) in [5.74, 6) is 1.39. The summed E-state index contributed by atoms with van der Waals surface area (Å²) in [5.41, 5.74) is 6.64. The van der Waals surface area contributed by atoms with Gasteiger partial charge in [0.25, 0.3) is 5.56 Å². The molecule has 0 amide bonds. The zero-order chi connectivity index (χ0) is 22.2. The third-order valence-corrected chi connectivity index (χ3v) is 6.64. The zero-order valence-electron chi connectivity index (χ0n) is 19.0. The van der Waals surface area contributed by atoms with E-state index < -0.39 is 0 Å². The van der Waals surface area contributed by atoms with Gasteiger partial charge in [0, 0.05) is 61.2 Å². The van der Waals surface area contributed by atoms with E-state index in [4.69, 9.17) is 14.8 Å². The molecule has 168 valence electrons. The van der Waals surface area contributed by atoms with Gasteiger partial charge in [0.05, 0.1) is 18.5 Å². The van der Waals surface area contributed by atoms with E-state index in [1.807, 2.05) is 20.0 Å². The van der Waals surface area contributed by atoms with Crippen LogP contribution in [0.1, 0.15) is 40.9 Å². The molecule has 8 nitrogen and oxygen atoms in total. The maximum absolute atomic E-state index is 12.6. The molecule has 0 aliphatic carbocycles. The zero-order valence-corrected chi connectivity index (χ0v) is 19.0. The van der Waals surface area contributed by atoms with Gasteiger partial charge in [-0.1, -0.05) is 0 Å². The number of anilines is 2. The van der Waals surface area contributed by atoms with Crippen LogP contribution in [0.15, 0.2) is 23.1 Å². The van der Waals surface area contributed by atoms with Crippen molar-refractivity contribution in [3.63, 3.8) is 0 Å². The summed E-state index contributed by atoms with van der Waals surface area (Å²) in [7, 11) is 0. The van der Waals surface area contributed by atoms with Gasteiger partial charge in [0.1, 0.15) is 0 Å². The molecule has 0 saturated carbocycles. The van der Waals surface area contributed by atoms with Gasteiger partial charge in [0.15, 0.2) is 11.5 Å². The first-order valence-corrected chi connectivity index (χ1v) is 11.4. The fourth-order valence-electron chi connectivity index (χ4n) is 4.67. The number of nitrogens with zero attached hydrogens (tertiary/aromatic N) is 5. The van der Waals surface area contributed by atoms with Crippen LogP contribution in [0.2, 0.25) is 0 Å². The van der Waals surface area contributed by atoms with Gasteiger partial charge >= 0.3 is 0 Å². The maximum atomic E-state index is 12.6. The number of hydrogen-bond acceptors (Lipinski definition) is 7. The third kappa shape index (κ3) is 3.95. The van der Waals surface area contributed by atoms with Gasteiger partial charge < -0.3 is 15.0 Å². The summed E-state index contributed by atoms with van der Waals surface area (Å²) >= 11 is 0. The number of ether oxygens (including phenoxy) is 1. The number of aromatic nitrogens is 4. The molecule has 2 aliphatic heterocycles. The standard InChI is InChI=1S/C24H30N6O2/c1-15-9-22(31)30-23(27-15)16(2)17(3)24(28-30)29-7-6-21-19(13-29)10-20(12-26-21)25-11-18-5-4-8-32-14-18/h9-10,12,18,25H,4-8,11,13-14H2,1-3H3. The minimum atomic E-state index is -0.144. The van der Waals surface area contributed by atoms with Crippen LogP contribution in [0, 0.1) is 26.7 Å². The first-order valence-electron chi connectivity index (χ1n) is 11.4. The van der Waals surface area contributed by atoms with Gasteiger partial charge in [-0.15, -0.1) is 5.10 Å². The molecular formula is C24H30N6O2. The van der Waals surface area contributed by atoms with Gasteiger partial charge in [-0.2, -0.15) is 4.52 Å². The van der Waals surface area contributed by atoms with Crippen LogP contribution >= 0.6 is 0 Å². The summed E-state index contributed by atoms with van der Waals surface area (Å²) in [4.78, 5) is 24.1. The monoisotopic (exact) mass is 434 g/mol. The Labute approximate surface area is 187 Å². The molecule has 1 fully saturated rings. The van der Waals surface area contributed by atoms with Crippen LogP contribution in [0.3, 0.4) is 0 Å². The van der Waals surface area contributed by atoms with E-state index >= 15 is 0 Å². The van der Waals surface area contributed by atoms with Crippen molar-refractivity contribution in [1.29, 1.82) is 0 Å². The fraction of sp³-hybridized carbons (Fsp3) is 0.500. The van der Waals surface area contributed by atoms with Crippen molar-refractivity contribution in [1.82, 2.24) is 19.6 Å². The Kier molecular flexibility index (Phi) is 5.55. The molecule has 5 rings (SSSR count). The summed E-state index contributed by atoms with van der Waals surface area (Å²) < 4.78 is 7.03. The summed E-state index contributed by atoms with van der Waals surface area (Å²) in [5, 5.41) is 8.26. The van der Waals surface area contributed by atoms with E-state index in [0.717, 1.165) is 74.0 Å². The lowest BCUT2D eigenvalue weighted by molar-refractivity contribution is 0.0595. The molecule has 0 aromatic carbocycles. The van der Waals surface area contributed by atoms with Gasteiger partial charge in [-0.05, 0) is 51.2 Å². The van der Waals surface area contributed by atoms with Crippen molar-refractivity contribution in [3.8, 4) is 0 Å². The van der Waals surface area contributed by atoms with Gasteiger partial charge in [-0.25, -0.2) is 4.98 Å². The number of fused-ring (bicyclic) bond motifs is 2. The Morgan fingerprint density at radius 3 is 2.91 bits per heavy atom. The average Bonchev–Trinajstić information content (AvgIpc) is 2.80. The van der Waals surface area contributed by atoms with E-state index in [1.165, 1.54) is 22.6 Å². The second kappa shape index (κ2) is 8.50. The molecule has 0 radical (unpaired) electrons. The van der Waals surface area contributed by atoms with Crippen LogP contribution in [0.25, 0.3) is 5.65 Å². The molecule has 1 atom stereocenters. The topological polar surface area (TPSA) is 84.7 Å². The highest BCUT2D eigenvalue weighted by Crippen LogP contribution is 2.28. The highest BCUT2D eigenvalue weighted by molar-refractivity contribution is 5.60. The third-order valence-electron chi connectivity index (χ3n) is 6.64. The Morgan fingerprint density at radius 2 is 2.09 bits per heavy atom. The second-order valence-electron chi connectivity index (χ2n) is 9.01. The number of nitrogens with one attached hydrogen (secondary N) is 1. The lowest BCUT2D eigenvalue weighted by Crippen LogP contribution is -2.34. The highest BCUT2D eigenvalue weighted by Gasteiger charge is 2.23. The smallest absolute Gasteiger partial charge is 0.274 e. The molecule has 8 heteroatoms. The maximum Gasteiger partial charge on any atom is 0.274 e. The van der Waals surface area contributed by atoms with Crippen molar-refractivity contribution in [2.45, 2.75) is 46.6 Å². The van der Waals surface area contributed by atoms with Crippen LogP contribution < -0.4 is 15.8 Å². The van der Waals surface area contributed by atoms with E-state index in [9.17, 15) is 4.79 Å². The minimum absolute atomic E-state index is 0.144. The predicted molar refractivity (Wildman–Crippen MR) is 124 cm³/mol. The number of hydrogen-bond donors (Lipinski definition) is 1. The summed E-state index contributed by atoms with van der Waals surface area (Å²) in [6.45, 7) is 10.1. The van der Waals surface area contributed by atoms with Crippen molar-refractivity contribution in [2.75, 3.05) is 36.5 Å². The van der Waals surface area contributed by atoms with E-state index in [0.29, 0.717) is 17.3 Å². The van der Waals surface area contributed by atoms with Crippen molar-refractivity contribution in [3.05, 3.63) is 56.8 Å². The predicted octanol–water partition coefficient (Wildman–Crippen LogP) is 2.81. The Morgan fingerprint density at radius 1 is 1.22 bits per heavy atom. The van der Waals surface area contributed by atoms with Gasteiger partial charge in [0.2, 0.25) is 0 Å². The molecule has 5 heterocycles. The Balaban J connectivity index is 1.40. The highest BCUT2D eigenvalue weighted by atomic mass is 16.5. The normalized spacial score (nSPS) is 18.6. The Bertz CT molecular complexity index is 1220. The molecular weight excluding hydrogens is 404 g/mol. The Hall–Kier alpha value is -3.00. The molecule has 1 N–H and O–H groups in total. The van der Waals surface area contributed by atoms with E-state index in [1.54, 1.807) is 0 Å². The van der Waals surface area contributed by atoms with Crippen molar-refractivity contribution < 1.29 is 4.74 Å². The largest absolute Gasteiger partial charge is 0.383 e.